The summed E-state index contributed by atoms with van der Waals surface area (Å²) in [6, 6.07) is 9.20. The number of carbonyl (C=O) groups is 1. The second kappa shape index (κ2) is 7.14. The van der Waals surface area contributed by atoms with E-state index in [2.05, 4.69) is 10.3 Å². The van der Waals surface area contributed by atoms with E-state index in [4.69, 9.17) is 4.74 Å². The van der Waals surface area contributed by atoms with Crippen LogP contribution >= 0.6 is 11.3 Å². The minimum absolute atomic E-state index is 0.153. The van der Waals surface area contributed by atoms with Crippen LogP contribution in [0.2, 0.25) is 0 Å². The lowest BCUT2D eigenvalue weighted by Gasteiger charge is -2.11. The van der Waals surface area contributed by atoms with Gasteiger partial charge in [-0.15, -0.1) is 11.3 Å². The third kappa shape index (κ3) is 3.86. The number of aromatic nitrogens is 1. The molecule has 1 aromatic heterocycles. The maximum absolute atomic E-state index is 11.9. The van der Waals surface area contributed by atoms with Gasteiger partial charge in [0.2, 0.25) is 0 Å². The van der Waals surface area contributed by atoms with Gasteiger partial charge in [0.15, 0.2) is 0 Å². The summed E-state index contributed by atoms with van der Waals surface area (Å²) in [5.74, 6) is -0.293. The van der Waals surface area contributed by atoms with E-state index in [1.54, 1.807) is 12.5 Å². The predicted molar refractivity (Wildman–Crippen MR) is 76.6 cm³/mol. The molecule has 0 spiro atoms. The summed E-state index contributed by atoms with van der Waals surface area (Å²) in [7, 11) is 1.58. The Morgan fingerprint density at radius 3 is 2.90 bits per heavy atom. The first-order chi connectivity index (χ1) is 9.70. The predicted octanol–water partition coefficient (Wildman–Crippen LogP) is 1.75. The van der Waals surface area contributed by atoms with Crippen LogP contribution in [0.1, 0.15) is 27.2 Å². The molecule has 1 atom stereocenters. The van der Waals surface area contributed by atoms with E-state index in [9.17, 15) is 9.90 Å². The minimum atomic E-state index is -0.725. The number of benzene rings is 1. The second-order valence-corrected chi connectivity index (χ2v) is 5.14. The van der Waals surface area contributed by atoms with Gasteiger partial charge in [-0.3, -0.25) is 4.79 Å². The fourth-order valence-corrected chi connectivity index (χ4v) is 2.42. The number of hydrogen-bond donors (Lipinski definition) is 2. The average molecular weight is 292 g/mol. The maximum Gasteiger partial charge on any atom is 0.270 e. The smallest absolute Gasteiger partial charge is 0.270 e. The van der Waals surface area contributed by atoms with Gasteiger partial charge in [-0.1, -0.05) is 30.3 Å². The van der Waals surface area contributed by atoms with Crippen LogP contribution in [0.4, 0.5) is 0 Å². The molecule has 0 saturated carbocycles. The lowest BCUT2D eigenvalue weighted by molar-refractivity contribution is 0.0911. The van der Waals surface area contributed by atoms with Crippen molar-refractivity contribution in [3.05, 3.63) is 52.0 Å². The van der Waals surface area contributed by atoms with Crippen LogP contribution in [0.5, 0.6) is 0 Å². The van der Waals surface area contributed by atoms with Gasteiger partial charge in [-0.2, -0.15) is 0 Å². The molecule has 0 radical (unpaired) electrons. The lowest BCUT2D eigenvalue weighted by Crippen LogP contribution is -2.28. The molecule has 0 aliphatic heterocycles. The monoisotopic (exact) mass is 292 g/mol. The van der Waals surface area contributed by atoms with Crippen molar-refractivity contribution in [3.63, 3.8) is 0 Å². The van der Waals surface area contributed by atoms with Crippen molar-refractivity contribution in [3.8, 4) is 0 Å². The number of aliphatic hydroxyl groups excluding tert-OH is 1. The second-order valence-electron chi connectivity index (χ2n) is 4.20. The molecule has 20 heavy (non-hydrogen) atoms. The largest absolute Gasteiger partial charge is 0.387 e. The highest BCUT2D eigenvalue weighted by Crippen LogP contribution is 2.12. The van der Waals surface area contributed by atoms with E-state index in [0.29, 0.717) is 12.3 Å². The summed E-state index contributed by atoms with van der Waals surface area (Å²) in [6.07, 6.45) is -0.725. The van der Waals surface area contributed by atoms with Crippen LogP contribution in [0.25, 0.3) is 0 Å². The Morgan fingerprint density at radius 2 is 2.20 bits per heavy atom. The molecular formula is C14H16N2O3S. The summed E-state index contributed by atoms with van der Waals surface area (Å²) in [6.45, 7) is 0.546. The SMILES string of the molecule is COCc1nc(C(=O)NC[C@H](O)c2ccccc2)cs1. The first-order valence-electron chi connectivity index (χ1n) is 6.15. The van der Waals surface area contributed by atoms with E-state index in [0.717, 1.165) is 10.6 Å². The summed E-state index contributed by atoms with van der Waals surface area (Å²) in [4.78, 5) is 16.0. The highest BCUT2D eigenvalue weighted by molar-refractivity contribution is 7.09. The van der Waals surface area contributed by atoms with Gasteiger partial charge >= 0.3 is 0 Å². The van der Waals surface area contributed by atoms with Crippen molar-refractivity contribution in [1.82, 2.24) is 10.3 Å². The highest BCUT2D eigenvalue weighted by Gasteiger charge is 2.13. The van der Waals surface area contributed by atoms with Crippen LogP contribution in [0, 0.1) is 0 Å². The number of thiazole rings is 1. The standard InChI is InChI=1S/C14H16N2O3S/c1-19-8-13-16-11(9-20-13)14(18)15-7-12(17)10-5-3-2-4-6-10/h2-6,9,12,17H,7-8H2,1H3,(H,15,18)/t12-/m0/s1. The molecule has 0 aliphatic carbocycles. The molecule has 0 aliphatic rings. The number of methoxy groups -OCH3 is 1. The number of hydrogen-bond acceptors (Lipinski definition) is 5. The van der Waals surface area contributed by atoms with Crippen molar-refractivity contribution in [1.29, 1.82) is 0 Å². The van der Waals surface area contributed by atoms with E-state index in [1.807, 2.05) is 30.3 Å². The van der Waals surface area contributed by atoms with Crippen LogP contribution in [0.3, 0.4) is 0 Å². The molecule has 1 amide bonds. The fraction of sp³-hybridized carbons (Fsp3) is 0.286. The topological polar surface area (TPSA) is 71.5 Å². The molecule has 5 nitrogen and oxygen atoms in total. The van der Waals surface area contributed by atoms with Crippen molar-refractivity contribution in [2.75, 3.05) is 13.7 Å². The molecule has 6 heteroatoms. The Labute approximate surface area is 121 Å². The molecule has 1 aromatic carbocycles. The Balaban J connectivity index is 1.88. The Morgan fingerprint density at radius 1 is 1.45 bits per heavy atom. The molecule has 2 aromatic rings. The van der Waals surface area contributed by atoms with Gasteiger partial charge in [0.25, 0.3) is 5.91 Å². The Kier molecular flexibility index (Phi) is 5.23. The van der Waals surface area contributed by atoms with Gasteiger partial charge < -0.3 is 15.2 Å². The molecule has 0 bridgehead atoms. The van der Waals surface area contributed by atoms with E-state index in [-0.39, 0.29) is 12.5 Å². The maximum atomic E-state index is 11.9. The molecular weight excluding hydrogens is 276 g/mol. The molecule has 106 valence electrons. The molecule has 0 saturated heterocycles. The van der Waals surface area contributed by atoms with Crippen molar-refractivity contribution in [2.24, 2.45) is 0 Å². The quantitative estimate of drug-likeness (QED) is 0.851. The molecule has 2 rings (SSSR count). The summed E-state index contributed by atoms with van der Waals surface area (Å²) < 4.78 is 4.95. The fourth-order valence-electron chi connectivity index (χ4n) is 1.68. The summed E-state index contributed by atoms with van der Waals surface area (Å²) in [5, 5.41) is 15.1. The zero-order chi connectivity index (χ0) is 14.4. The minimum Gasteiger partial charge on any atom is -0.387 e. The first kappa shape index (κ1) is 14.6. The summed E-state index contributed by atoms with van der Waals surface area (Å²) >= 11 is 1.37. The zero-order valence-corrected chi connectivity index (χ0v) is 11.9. The highest BCUT2D eigenvalue weighted by atomic mass is 32.1. The van der Waals surface area contributed by atoms with E-state index in [1.165, 1.54) is 11.3 Å². The molecule has 0 unspecified atom stereocenters. The third-order valence-electron chi connectivity index (χ3n) is 2.69. The number of rotatable bonds is 6. The first-order valence-corrected chi connectivity index (χ1v) is 7.03. The number of nitrogens with one attached hydrogen (secondary N) is 1. The van der Waals surface area contributed by atoms with Crippen molar-refractivity contribution < 1.29 is 14.6 Å². The Hall–Kier alpha value is -1.76. The van der Waals surface area contributed by atoms with Gasteiger partial charge in [0.1, 0.15) is 10.7 Å². The zero-order valence-electron chi connectivity index (χ0n) is 11.1. The lowest BCUT2D eigenvalue weighted by atomic mass is 10.1. The number of nitrogens with zero attached hydrogens (tertiary/aromatic N) is 1. The average Bonchev–Trinajstić information content (AvgIpc) is 2.94. The van der Waals surface area contributed by atoms with Crippen LogP contribution in [-0.4, -0.2) is 29.7 Å². The number of ether oxygens (including phenoxy) is 1. The molecule has 0 fully saturated rings. The number of aliphatic hydroxyl groups is 1. The third-order valence-corrected chi connectivity index (χ3v) is 3.51. The van der Waals surface area contributed by atoms with E-state index < -0.39 is 6.10 Å². The van der Waals surface area contributed by atoms with E-state index >= 15 is 0 Å². The number of amides is 1. The Bertz CT molecular complexity index is 557. The van der Waals surface area contributed by atoms with Gasteiger partial charge in [0, 0.05) is 19.0 Å². The van der Waals surface area contributed by atoms with Gasteiger partial charge in [0.05, 0.1) is 12.7 Å². The van der Waals surface area contributed by atoms with Crippen LogP contribution < -0.4 is 5.32 Å². The number of carbonyl (C=O) groups excluding carboxylic acids is 1. The van der Waals surface area contributed by atoms with Crippen molar-refractivity contribution >= 4 is 17.2 Å². The molecule has 1 heterocycles. The van der Waals surface area contributed by atoms with Crippen LogP contribution in [0.15, 0.2) is 35.7 Å². The summed E-state index contributed by atoms with van der Waals surface area (Å²) in [5.41, 5.74) is 1.12. The molecule has 2 N–H and O–H groups in total. The van der Waals surface area contributed by atoms with Gasteiger partial charge in [-0.25, -0.2) is 4.98 Å². The van der Waals surface area contributed by atoms with Crippen molar-refractivity contribution in [2.45, 2.75) is 12.7 Å². The van der Waals surface area contributed by atoms with Crippen LogP contribution in [-0.2, 0) is 11.3 Å². The normalized spacial score (nSPS) is 12.1. The van der Waals surface area contributed by atoms with Gasteiger partial charge in [-0.05, 0) is 5.56 Å².